The van der Waals surface area contributed by atoms with E-state index in [9.17, 15) is 19.4 Å². The third-order valence-corrected chi connectivity index (χ3v) is 10.2. The number of carbonyl (C=O) groups excluding carboxylic acids is 1. The summed E-state index contributed by atoms with van der Waals surface area (Å²) in [6.45, 7) is 4.81. The van der Waals surface area contributed by atoms with Crippen molar-refractivity contribution in [1.29, 1.82) is 0 Å². The first kappa shape index (κ1) is 50.2. The van der Waals surface area contributed by atoms with Gasteiger partial charge >= 0.3 is 13.8 Å². The third-order valence-electron chi connectivity index (χ3n) is 9.26. The van der Waals surface area contributed by atoms with Gasteiger partial charge in [0.1, 0.15) is 6.10 Å². The largest absolute Gasteiger partial charge is 0.472 e. The molecule has 0 saturated carbocycles. The van der Waals surface area contributed by atoms with Crippen LogP contribution in [0.2, 0.25) is 0 Å². The van der Waals surface area contributed by atoms with E-state index in [1.807, 2.05) is 0 Å². The van der Waals surface area contributed by atoms with E-state index in [-0.39, 0.29) is 38.4 Å². The molecule has 0 rings (SSSR count). The minimum absolute atomic E-state index is 0.0924. The van der Waals surface area contributed by atoms with E-state index in [2.05, 4.69) is 26.0 Å². The number of esters is 1. The summed E-state index contributed by atoms with van der Waals surface area (Å²) in [5.74, 6) is -0.353. The molecule has 0 amide bonds. The van der Waals surface area contributed by atoms with Crippen molar-refractivity contribution < 1.29 is 37.9 Å². The summed E-state index contributed by atoms with van der Waals surface area (Å²) < 4.78 is 33.4. The van der Waals surface area contributed by atoms with E-state index >= 15 is 0 Å². The highest BCUT2D eigenvalue weighted by Gasteiger charge is 2.25. The van der Waals surface area contributed by atoms with Gasteiger partial charge in [-0.2, -0.15) is 0 Å². The molecule has 9 nitrogen and oxygen atoms in total. The first-order chi connectivity index (χ1) is 24.8. The van der Waals surface area contributed by atoms with Crippen molar-refractivity contribution in [3.05, 3.63) is 12.2 Å². The van der Waals surface area contributed by atoms with Gasteiger partial charge in [-0.25, -0.2) is 4.57 Å². The number of unbranched alkanes of at least 4 members (excludes halogenated alkanes) is 22. The average Bonchev–Trinajstić information content (AvgIpc) is 3.11. The number of hydrogen-bond donors (Lipinski definition) is 3. The molecule has 0 aliphatic heterocycles. The smallest absolute Gasteiger partial charge is 0.457 e. The lowest BCUT2D eigenvalue weighted by atomic mass is 10.0. The molecule has 304 valence electrons. The molecular weight excluding hydrogens is 665 g/mol. The Labute approximate surface area is 314 Å². The number of rotatable bonds is 41. The highest BCUT2D eigenvalue weighted by atomic mass is 31.2. The van der Waals surface area contributed by atoms with Crippen molar-refractivity contribution in [1.82, 2.24) is 0 Å². The van der Waals surface area contributed by atoms with E-state index in [4.69, 9.17) is 24.3 Å². The number of nitrogens with two attached hydrogens (primary N) is 1. The predicted octanol–water partition coefficient (Wildman–Crippen LogP) is 11.3. The second kappa shape index (κ2) is 38.9. The topological polar surface area (TPSA) is 138 Å². The summed E-state index contributed by atoms with van der Waals surface area (Å²) in [7, 11) is -4.28. The lowest BCUT2D eigenvalue weighted by molar-refractivity contribution is -0.154. The molecule has 0 bridgehead atoms. The molecule has 0 aliphatic rings. The Balaban J connectivity index is 4.06. The van der Waals surface area contributed by atoms with Gasteiger partial charge in [0.2, 0.25) is 0 Å². The highest BCUT2D eigenvalue weighted by Crippen LogP contribution is 2.43. The highest BCUT2D eigenvalue weighted by molar-refractivity contribution is 7.47. The fraction of sp³-hybridized carbons (Fsp3) is 0.927. The molecule has 0 saturated heterocycles. The maximum Gasteiger partial charge on any atom is 0.472 e. The van der Waals surface area contributed by atoms with Crippen LogP contribution in [0.3, 0.4) is 0 Å². The normalized spacial score (nSPS) is 14.2. The van der Waals surface area contributed by atoms with Crippen LogP contribution in [0.4, 0.5) is 0 Å². The molecule has 0 aromatic carbocycles. The Morgan fingerprint density at radius 3 is 1.65 bits per heavy atom. The average molecular weight is 748 g/mol. The zero-order valence-corrected chi connectivity index (χ0v) is 34.1. The summed E-state index contributed by atoms with van der Waals surface area (Å²) in [5.41, 5.74) is 5.36. The molecule has 0 radical (unpaired) electrons. The Morgan fingerprint density at radius 2 is 1.10 bits per heavy atom. The number of phosphoric acid groups is 1. The molecule has 0 aliphatic carbocycles. The maximum atomic E-state index is 12.6. The quantitative estimate of drug-likeness (QED) is 0.0241. The minimum atomic E-state index is -4.28. The van der Waals surface area contributed by atoms with Crippen LogP contribution in [0.25, 0.3) is 0 Å². The van der Waals surface area contributed by atoms with Gasteiger partial charge in [0.05, 0.1) is 25.9 Å². The number of phosphoric ester groups is 1. The van der Waals surface area contributed by atoms with Crippen molar-refractivity contribution >= 4 is 13.8 Å². The number of ether oxygens (including phenoxy) is 2. The van der Waals surface area contributed by atoms with Gasteiger partial charge in [0.15, 0.2) is 0 Å². The Morgan fingerprint density at radius 1 is 0.627 bits per heavy atom. The van der Waals surface area contributed by atoms with Gasteiger partial charge in [-0.3, -0.25) is 13.8 Å². The van der Waals surface area contributed by atoms with Crippen molar-refractivity contribution in [2.45, 2.75) is 212 Å². The van der Waals surface area contributed by atoms with E-state index in [0.29, 0.717) is 13.0 Å². The minimum Gasteiger partial charge on any atom is -0.457 e. The van der Waals surface area contributed by atoms with Crippen molar-refractivity contribution in [3.8, 4) is 0 Å². The lowest BCUT2D eigenvalue weighted by Crippen LogP contribution is -2.28. The van der Waals surface area contributed by atoms with Gasteiger partial charge < -0.3 is 25.2 Å². The van der Waals surface area contributed by atoms with Crippen LogP contribution < -0.4 is 5.73 Å². The standard InChI is InChI=1S/C41H82NO8P/c1-3-5-7-9-10-11-12-13-14-15-16-17-20-23-26-30-35-47-37-40(38-49-51(45,46)48-36-34-42)50-41(44)33-29-25-22-19-18-21-24-28-32-39(43)31-27-8-6-4-2/h13-14,39-40,43H,3-12,15-38,42H2,1-2H3,(H,45,46)/b14-13-. The summed E-state index contributed by atoms with van der Waals surface area (Å²) >= 11 is 0. The Kier molecular flexibility index (Phi) is 38.3. The number of hydrogen-bond acceptors (Lipinski definition) is 8. The number of aliphatic hydroxyl groups excluding tert-OH is 1. The van der Waals surface area contributed by atoms with Gasteiger partial charge in [-0.1, -0.05) is 154 Å². The predicted molar refractivity (Wildman–Crippen MR) is 212 cm³/mol. The zero-order valence-electron chi connectivity index (χ0n) is 33.2. The van der Waals surface area contributed by atoms with Crippen LogP contribution in [0.5, 0.6) is 0 Å². The summed E-state index contributed by atoms with van der Waals surface area (Å²) in [4.78, 5) is 22.4. The summed E-state index contributed by atoms with van der Waals surface area (Å²) in [6.07, 6.45) is 36.7. The van der Waals surface area contributed by atoms with Crippen LogP contribution >= 0.6 is 7.82 Å². The third kappa shape index (κ3) is 38.7. The van der Waals surface area contributed by atoms with Crippen molar-refractivity contribution in [3.63, 3.8) is 0 Å². The van der Waals surface area contributed by atoms with E-state index in [1.165, 1.54) is 116 Å². The Bertz CT molecular complexity index is 815. The van der Waals surface area contributed by atoms with Crippen LogP contribution in [-0.2, 0) is 27.9 Å². The molecule has 0 aromatic heterocycles. The van der Waals surface area contributed by atoms with E-state index < -0.39 is 13.9 Å². The lowest BCUT2D eigenvalue weighted by Gasteiger charge is -2.20. The SMILES string of the molecule is CCCCCCCC/C=C\CCCCCCCCOCC(COP(=O)(O)OCCN)OC(=O)CCCCCCCCCCC(O)CCCCCC. The van der Waals surface area contributed by atoms with Gasteiger partial charge in [0.25, 0.3) is 0 Å². The molecular formula is C41H82NO8P. The van der Waals surface area contributed by atoms with Gasteiger partial charge in [0, 0.05) is 19.6 Å². The van der Waals surface area contributed by atoms with Crippen LogP contribution in [0, 0.1) is 0 Å². The van der Waals surface area contributed by atoms with Crippen molar-refractivity contribution in [2.24, 2.45) is 5.73 Å². The monoisotopic (exact) mass is 748 g/mol. The fourth-order valence-corrected chi connectivity index (χ4v) is 6.84. The number of aliphatic hydroxyl groups is 1. The second-order valence-corrected chi connectivity index (χ2v) is 15.8. The molecule has 3 atom stereocenters. The number of carbonyl (C=O) groups is 1. The molecule has 0 aromatic rings. The zero-order chi connectivity index (χ0) is 37.5. The molecule has 4 N–H and O–H groups in total. The Hall–Kier alpha value is -0.800. The summed E-state index contributed by atoms with van der Waals surface area (Å²) in [5, 5.41) is 10.1. The van der Waals surface area contributed by atoms with Gasteiger partial charge in [-0.15, -0.1) is 0 Å². The van der Waals surface area contributed by atoms with Crippen molar-refractivity contribution in [2.75, 3.05) is 33.0 Å². The molecule has 0 spiro atoms. The first-order valence-electron chi connectivity index (χ1n) is 21.3. The molecule has 51 heavy (non-hydrogen) atoms. The van der Waals surface area contributed by atoms with Gasteiger partial charge in [-0.05, 0) is 51.4 Å². The second-order valence-electron chi connectivity index (χ2n) is 14.4. The molecule has 0 fully saturated rings. The number of allylic oxidation sites excluding steroid dienone is 2. The van der Waals surface area contributed by atoms with Crippen LogP contribution in [0.15, 0.2) is 12.2 Å². The molecule has 3 unspecified atom stereocenters. The van der Waals surface area contributed by atoms with Crippen LogP contribution in [-0.4, -0.2) is 61.1 Å². The van der Waals surface area contributed by atoms with E-state index in [0.717, 1.165) is 64.2 Å². The van der Waals surface area contributed by atoms with E-state index in [1.54, 1.807) is 0 Å². The molecule has 0 heterocycles. The first-order valence-corrected chi connectivity index (χ1v) is 22.8. The maximum absolute atomic E-state index is 12.6. The van der Waals surface area contributed by atoms with Crippen LogP contribution in [0.1, 0.15) is 200 Å². The summed E-state index contributed by atoms with van der Waals surface area (Å²) in [6, 6.07) is 0. The fourth-order valence-electron chi connectivity index (χ4n) is 6.07. The molecule has 10 heteroatoms.